The molecular formula is C34H34N4O2S. The van der Waals surface area contributed by atoms with Crippen molar-refractivity contribution >= 4 is 45.5 Å². The lowest BCUT2D eigenvalue weighted by Crippen LogP contribution is -2.34. The van der Waals surface area contributed by atoms with E-state index in [9.17, 15) is 9.59 Å². The number of carbonyl (C=O) groups excluding carboxylic acids is 1. The smallest absolute Gasteiger partial charge is 0.269 e. The summed E-state index contributed by atoms with van der Waals surface area (Å²) in [5.41, 5.74) is 6.38. The van der Waals surface area contributed by atoms with Crippen molar-refractivity contribution in [2.45, 2.75) is 33.7 Å². The maximum absolute atomic E-state index is 14.0. The Morgan fingerprint density at radius 2 is 1.71 bits per heavy atom. The van der Waals surface area contributed by atoms with E-state index in [0.717, 1.165) is 69.7 Å². The van der Waals surface area contributed by atoms with Crippen LogP contribution in [-0.2, 0) is 11.3 Å². The summed E-state index contributed by atoms with van der Waals surface area (Å²) < 4.78 is 5.33. The Bertz CT molecular complexity index is 1930. The Kier molecular flexibility index (Phi) is 7.47. The number of carbonyl (C=O) groups is 1. The van der Waals surface area contributed by atoms with Gasteiger partial charge in [0.25, 0.3) is 11.5 Å². The molecule has 2 aromatic heterocycles. The van der Waals surface area contributed by atoms with Gasteiger partial charge in [-0.15, -0.1) is 11.3 Å². The molecule has 0 radical (unpaired) electrons. The summed E-state index contributed by atoms with van der Waals surface area (Å²) >= 11 is 1.41. The van der Waals surface area contributed by atoms with Crippen molar-refractivity contribution in [2.75, 3.05) is 25.0 Å². The van der Waals surface area contributed by atoms with Crippen LogP contribution >= 0.6 is 11.3 Å². The lowest BCUT2D eigenvalue weighted by atomic mass is 10.1. The maximum Gasteiger partial charge on any atom is 0.269 e. The number of para-hydroxylation sites is 2. The molecule has 0 saturated carbocycles. The summed E-state index contributed by atoms with van der Waals surface area (Å²) in [5, 5.41) is 4.09. The minimum atomic E-state index is -0.156. The molecule has 7 heteroatoms. The van der Waals surface area contributed by atoms with Crippen molar-refractivity contribution in [1.82, 2.24) is 14.0 Å². The molecule has 0 aliphatic carbocycles. The monoisotopic (exact) mass is 562 g/mol. The van der Waals surface area contributed by atoms with Gasteiger partial charge in [-0.05, 0) is 69.4 Å². The van der Waals surface area contributed by atoms with Crippen LogP contribution in [0.25, 0.3) is 28.2 Å². The number of anilines is 1. The quantitative estimate of drug-likeness (QED) is 0.294. The van der Waals surface area contributed by atoms with E-state index in [1.54, 1.807) is 0 Å². The van der Waals surface area contributed by atoms with Crippen LogP contribution in [0.3, 0.4) is 0 Å². The molecule has 1 amide bonds. The molecule has 1 N–H and O–H groups in total. The predicted octanol–water partition coefficient (Wildman–Crippen LogP) is 4.87. The number of aryl methyl sites for hydroxylation is 1. The second-order valence-corrected chi connectivity index (χ2v) is 11.5. The molecule has 6 nitrogen and oxygen atoms in total. The summed E-state index contributed by atoms with van der Waals surface area (Å²) in [6, 6.07) is 24.4. The van der Waals surface area contributed by atoms with Crippen molar-refractivity contribution in [2.24, 2.45) is 0 Å². The van der Waals surface area contributed by atoms with Gasteiger partial charge in [-0.1, -0.05) is 61.9 Å². The molecule has 5 aromatic rings. The van der Waals surface area contributed by atoms with E-state index in [2.05, 4.69) is 59.1 Å². The van der Waals surface area contributed by atoms with E-state index in [-0.39, 0.29) is 11.5 Å². The summed E-state index contributed by atoms with van der Waals surface area (Å²) in [7, 11) is 0. The lowest BCUT2D eigenvalue weighted by molar-refractivity contribution is -0.110. The molecule has 0 unspecified atom stereocenters. The fourth-order valence-electron chi connectivity index (χ4n) is 5.66. The summed E-state index contributed by atoms with van der Waals surface area (Å²) in [6.45, 7) is 9.73. The first-order valence-corrected chi connectivity index (χ1v) is 15.1. The average Bonchev–Trinajstić information content (AvgIpc) is 3.62. The van der Waals surface area contributed by atoms with Crippen LogP contribution in [0.4, 0.5) is 5.69 Å². The van der Waals surface area contributed by atoms with Gasteiger partial charge in [-0.3, -0.25) is 14.2 Å². The third kappa shape index (κ3) is 5.07. The van der Waals surface area contributed by atoms with Crippen molar-refractivity contribution in [1.29, 1.82) is 0 Å². The highest BCUT2D eigenvalue weighted by Crippen LogP contribution is 2.31. The SMILES string of the molecule is CCN(CC)CCCn1c(=C2C(=O)Nc3ccc(C)cc32)sc(=Cc2cn(-c3ccccc3)c3ccccc23)c1=O. The summed E-state index contributed by atoms with van der Waals surface area (Å²) in [5.74, 6) is -0.156. The number of fused-ring (bicyclic) bond motifs is 2. The van der Waals surface area contributed by atoms with Crippen LogP contribution in [0.2, 0.25) is 0 Å². The molecule has 3 heterocycles. The van der Waals surface area contributed by atoms with Gasteiger partial charge in [-0.2, -0.15) is 0 Å². The molecule has 41 heavy (non-hydrogen) atoms. The topological polar surface area (TPSA) is 59.3 Å². The number of thiazole rings is 1. The standard InChI is InChI=1S/C34H34N4O2S/c1-4-36(5-2)18-11-19-37-33(40)30(41-34(37)31-27-20-23(3)16-17-28(27)35-32(31)39)21-24-22-38(25-12-7-6-8-13-25)29-15-10-9-14-26(24)29/h6-10,12-17,20-22H,4-5,11,18-19H2,1-3H3,(H,35,39). The van der Waals surface area contributed by atoms with Gasteiger partial charge in [0.15, 0.2) is 0 Å². The Hall–Kier alpha value is -4.20. The summed E-state index contributed by atoms with van der Waals surface area (Å²) in [6.07, 6.45) is 4.91. The maximum atomic E-state index is 14.0. The molecule has 208 valence electrons. The number of nitrogens with one attached hydrogen (secondary N) is 1. The number of amides is 1. The van der Waals surface area contributed by atoms with Crippen molar-refractivity contribution < 1.29 is 4.79 Å². The number of nitrogens with zero attached hydrogens (tertiary/aromatic N) is 3. The molecule has 0 fully saturated rings. The average molecular weight is 563 g/mol. The van der Waals surface area contributed by atoms with Gasteiger partial charge in [0.1, 0.15) is 4.66 Å². The molecule has 0 spiro atoms. The van der Waals surface area contributed by atoms with E-state index in [4.69, 9.17) is 0 Å². The molecule has 1 aliphatic rings. The highest BCUT2D eigenvalue weighted by atomic mass is 32.1. The van der Waals surface area contributed by atoms with Gasteiger partial charge >= 0.3 is 0 Å². The number of hydrogen-bond donors (Lipinski definition) is 1. The molecule has 0 atom stereocenters. The fourth-order valence-corrected chi connectivity index (χ4v) is 6.84. The first kappa shape index (κ1) is 27.0. The number of aromatic nitrogens is 2. The minimum absolute atomic E-state index is 0.0532. The molecule has 6 rings (SSSR count). The van der Waals surface area contributed by atoms with Crippen LogP contribution < -0.4 is 20.1 Å². The third-order valence-corrected chi connectivity index (χ3v) is 8.99. The van der Waals surface area contributed by atoms with Gasteiger partial charge in [0.05, 0.1) is 15.6 Å². The highest BCUT2D eigenvalue weighted by Gasteiger charge is 2.27. The fraction of sp³-hybridized carbons (Fsp3) is 0.235. The Labute approximate surface area is 243 Å². The second kappa shape index (κ2) is 11.4. The van der Waals surface area contributed by atoms with Crippen molar-refractivity contribution in [3.8, 4) is 5.69 Å². The third-order valence-electron chi connectivity index (χ3n) is 7.86. The molecule has 0 saturated heterocycles. The Morgan fingerprint density at radius 3 is 2.49 bits per heavy atom. The van der Waals surface area contributed by atoms with Gasteiger partial charge in [0, 0.05) is 40.6 Å². The van der Waals surface area contributed by atoms with E-state index in [1.807, 2.05) is 66.1 Å². The highest BCUT2D eigenvalue weighted by molar-refractivity contribution is 7.07. The predicted molar refractivity (Wildman–Crippen MR) is 169 cm³/mol. The van der Waals surface area contributed by atoms with Crippen molar-refractivity contribution in [3.63, 3.8) is 0 Å². The largest absolute Gasteiger partial charge is 0.321 e. The second-order valence-electron chi connectivity index (χ2n) is 10.4. The van der Waals surface area contributed by atoms with E-state index in [1.165, 1.54) is 11.3 Å². The van der Waals surface area contributed by atoms with E-state index in [0.29, 0.717) is 16.7 Å². The number of hydrogen-bond acceptors (Lipinski definition) is 4. The normalized spacial score (nSPS) is 14.7. The van der Waals surface area contributed by atoms with Gasteiger partial charge in [-0.25, -0.2) is 0 Å². The molecule has 1 aliphatic heterocycles. The van der Waals surface area contributed by atoms with Gasteiger partial charge in [0.2, 0.25) is 0 Å². The number of rotatable bonds is 8. The zero-order chi connectivity index (χ0) is 28.5. The minimum Gasteiger partial charge on any atom is -0.321 e. The van der Waals surface area contributed by atoms with E-state index >= 15 is 0 Å². The molecular weight excluding hydrogens is 528 g/mol. The molecule has 0 bridgehead atoms. The first-order chi connectivity index (χ1) is 20.0. The first-order valence-electron chi connectivity index (χ1n) is 14.2. The number of benzene rings is 3. The van der Waals surface area contributed by atoms with Crippen LogP contribution in [0.1, 0.15) is 37.0 Å². The van der Waals surface area contributed by atoms with E-state index < -0.39 is 0 Å². The van der Waals surface area contributed by atoms with Crippen LogP contribution in [0.5, 0.6) is 0 Å². The zero-order valence-electron chi connectivity index (χ0n) is 23.7. The van der Waals surface area contributed by atoms with Gasteiger partial charge < -0.3 is 14.8 Å². The van der Waals surface area contributed by atoms with Crippen LogP contribution in [-0.4, -0.2) is 39.6 Å². The van der Waals surface area contributed by atoms with Crippen LogP contribution in [0, 0.1) is 6.92 Å². The van der Waals surface area contributed by atoms with Crippen LogP contribution in [0.15, 0.2) is 83.8 Å². The lowest BCUT2D eigenvalue weighted by Gasteiger charge is -2.17. The Balaban J connectivity index is 1.55. The molecule has 3 aromatic carbocycles. The van der Waals surface area contributed by atoms with Crippen molar-refractivity contribution in [3.05, 3.63) is 115 Å². The zero-order valence-corrected chi connectivity index (χ0v) is 24.5. The Morgan fingerprint density at radius 1 is 0.951 bits per heavy atom. The summed E-state index contributed by atoms with van der Waals surface area (Å²) in [4.78, 5) is 29.7.